The van der Waals surface area contributed by atoms with E-state index in [2.05, 4.69) is 10.9 Å². The van der Waals surface area contributed by atoms with E-state index in [1.165, 1.54) is 36.4 Å². The summed E-state index contributed by atoms with van der Waals surface area (Å²) in [6, 6.07) is 10.5. The maximum Gasteiger partial charge on any atom is 0.269 e. The molecule has 3 rings (SSSR count). The molecule has 1 heterocycles. The number of ether oxygens (including phenoxy) is 2. The summed E-state index contributed by atoms with van der Waals surface area (Å²) >= 11 is 0. The topological polar surface area (TPSA) is 76.7 Å². The Morgan fingerprint density at radius 3 is 2.71 bits per heavy atom. The van der Waals surface area contributed by atoms with Crippen LogP contribution in [-0.4, -0.2) is 18.6 Å². The summed E-state index contributed by atoms with van der Waals surface area (Å²) in [4.78, 5) is 23.6. The second-order valence-electron chi connectivity index (χ2n) is 4.90. The molecule has 0 aliphatic carbocycles. The molecule has 122 valence electrons. The van der Waals surface area contributed by atoms with E-state index in [1.54, 1.807) is 18.2 Å². The molecule has 2 aromatic rings. The fourth-order valence-corrected chi connectivity index (χ4v) is 2.05. The maximum absolute atomic E-state index is 13.0. The first kappa shape index (κ1) is 15.5. The lowest BCUT2D eigenvalue weighted by Gasteiger charge is -2.06. The lowest BCUT2D eigenvalue weighted by atomic mass is 10.2. The van der Waals surface area contributed by atoms with Crippen molar-refractivity contribution in [2.24, 2.45) is 0 Å². The zero-order valence-corrected chi connectivity index (χ0v) is 12.4. The van der Waals surface area contributed by atoms with Crippen molar-refractivity contribution in [2.75, 3.05) is 6.79 Å². The highest BCUT2D eigenvalue weighted by Gasteiger charge is 2.16. The first-order chi connectivity index (χ1) is 11.6. The number of rotatable bonds is 3. The van der Waals surface area contributed by atoms with Crippen LogP contribution in [0.25, 0.3) is 6.08 Å². The van der Waals surface area contributed by atoms with Crippen molar-refractivity contribution < 1.29 is 23.5 Å². The average molecular weight is 328 g/mol. The Hall–Kier alpha value is -3.35. The van der Waals surface area contributed by atoms with E-state index in [1.807, 2.05) is 0 Å². The summed E-state index contributed by atoms with van der Waals surface area (Å²) in [6.45, 7) is 0.113. The minimum Gasteiger partial charge on any atom is -0.454 e. The summed E-state index contributed by atoms with van der Waals surface area (Å²) in [7, 11) is 0. The first-order valence-corrected chi connectivity index (χ1v) is 7.05. The van der Waals surface area contributed by atoms with Crippen molar-refractivity contribution in [1.29, 1.82) is 0 Å². The van der Waals surface area contributed by atoms with Crippen molar-refractivity contribution in [3.63, 3.8) is 0 Å². The Kier molecular flexibility index (Phi) is 4.42. The van der Waals surface area contributed by atoms with Crippen LogP contribution in [0.15, 0.2) is 48.5 Å². The highest BCUT2D eigenvalue weighted by atomic mass is 19.1. The predicted octanol–water partition coefficient (Wildman–Crippen LogP) is 2.03. The van der Waals surface area contributed by atoms with Crippen LogP contribution >= 0.6 is 0 Å². The van der Waals surface area contributed by atoms with Gasteiger partial charge in [-0.3, -0.25) is 20.4 Å². The van der Waals surface area contributed by atoms with Gasteiger partial charge in [0.05, 0.1) is 0 Å². The van der Waals surface area contributed by atoms with E-state index in [9.17, 15) is 14.0 Å². The molecule has 0 aromatic heterocycles. The molecule has 0 bridgehead atoms. The minimum absolute atomic E-state index is 0.113. The molecular formula is C17H13FN2O4. The summed E-state index contributed by atoms with van der Waals surface area (Å²) in [5.74, 6) is -0.406. The second-order valence-corrected chi connectivity index (χ2v) is 4.90. The van der Waals surface area contributed by atoms with Crippen molar-refractivity contribution in [1.82, 2.24) is 10.9 Å². The summed E-state index contributed by atoms with van der Waals surface area (Å²) in [6.07, 6.45) is 2.62. The van der Waals surface area contributed by atoms with Gasteiger partial charge in [0, 0.05) is 11.6 Å². The number of hydrogen-bond donors (Lipinski definition) is 2. The van der Waals surface area contributed by atoms with Gasteiger partial charge >= 0.3 is 0 Å². The Morgan fingerprint density at radius 2 is 1.88 bits per heavy atom. The summed E-state index contributed by atoms with van der Waals surface area (Å²) in [5.41, 5.74) is 5.37. The predicted molar refractivity (Wildman–Crippen MR) is 83.6 cm³/mol. The Balaban J connectivity index is 1.55. The molecule has 7 heteroatoms. The van der Waals surface area contributed by atoms with Crippen LogP contribution < -0.4 is 20.3 Å². The van der Waals surface area contributed by atoms with Gasteiger partial charge in [-0.15, -0.1) is 0 Å². The second kappa shape index (κ2) is 6.82. The Labute approximate surface area is 136 Å². The molecule has 0 spiro atoms. The first-order valence-electron chi connectivity index (χ1n) is 7.05. The molecule has 2 amide bonds. The van der Waals surface area contributed by atoms with E-state index < -0.39 is 17.6 Å². The molecule has 0 fully saturated rings. The highest BCUT2D eigenvalue weighted by Crippen LogP contribution is 2.32. The molecule has 0 atom stereocenters. The van der Waals surface area contributed by atoms with E-state index >= 15 is 0 Å². The van der Waals surface area contributed by atoms with Crippen LogP contribution in [0.1, 0.15) is 15.9 Å². The van der Waals surface area contributed by atoms with Crippen molar-refractivity contribution >= 4 is 17.9 Å². The Morgan fingerprint density at radius 1 is 1.04 bits per heavy atom. The summed E-state index contributed by atoms with van der Waals surface area (Å²) < 4.78 is 23.4. The van der Waals surface area contributed by atoms with Gasteiger partial charge in [-0.25, -0.2) is 4.39 Å². The smallest absolute Gasteiger partial charge is 0.269 e. The number of nitrogens with one attached hydrogen (secondary N) is 2. The van der Waals surface area contributed by atoms with E-state index in [4.69, 9.17) is 9.47 Å². The molecule has 2 N–H and O–H groups in total. The molecular weight excluding hydrogens is 315 g/mol. The molecule has 1 aliphatic heterocycles. The van der Waals surface area contributed by atoms with Crippen LogP contribution in [0.4, 0.5) is 4.39 Å². The van der Waals surface area contributed by atoms with E-state index in [0.29, 0.717) is 22.6 Å². The molecule has 0 unspecified atom stereocenters. The standard InChI is InChI=1S/C17H13FN2O4/c18-13-3-1-2-11(8-13)4-7-16(21)19-20-17(22)12-5-6-14-15(9-12)24-10-23-14/h1-9H,10H2,(H,19,21)(H,20,22)/b7-4+. The zero-order chi connectivity index (χ0) is 16.9. The minimum atomic E-state index is -0.548. The molecule has 0 saturated heterocycles. The molecule has 1 aliphatic rings. The van der Waals surface area contributed by atoms with Crippen LogP contribution in [0.5, 0.6) is 11.5 Å². The van der Waals surface area contributed by atoms with E-state index in [-0.39, 0.29) is 6.79 Å². The number of halogens is 1. The molecule has 24 heavy (non-hydrogen) atoms. The summed E-state index contributed by atoms with van der Waals surface area (Å²) in [5, 5.41) is 0. The third-order valence-electron chi connectivity index (χ3n) is 3.21. The van der Waals surface area contributed by atoms with Gasteiger partial charge in [-0.05, 0) is 42.0 Å². The number of amides is 2. The zero-order valence-electron chi connectivity index (χ0n) is 12.4. The number of hydrazine groups is 1. The fraction of sp³-hybridized carbons (Fsp3) is 0.0588. The lowest BCUT2D eigenvalue weighted by molar-refractivity contribution is -0.117. The van der Waals surface area contributed by atoms with Crippen molar-refractivity contribution in [3.8, 4) is 11.5 Å². The van der Waals surface area contributed by atoms with Crippen LogP contribution in [0.3, 0.4) is 0 Å². The fourth-order valence-electron chi connectivity index (χ4n) is 2.05. The molecule has 0 saturated carbocycles. The number of carbonyl (C=O) groups excluding carboxylic acids is 2. The van der Waals surface area contributed by atoms with Gasteiger partial charge in [-0.2, -0.15) is 0 Å². The maximum atomic E-state index is 13.0. The van der Waals surface area contributed by atoms with Gasteiger partial charge in [0.1, 0.15) is 5.82 Å². The molecule has 0 radical (unpaired) electrons. The quantitative estimate of drug-likeness (QED) is 0.668. The molecule has 2 aromatic carbocycles. The number of fused-ring (bicyclic) bond motifs is 1. The lowest BCUT2D eigenvalue weighted by Crippen LogP contribution is -2.40. The van der Waals surface area contributed by atoms with Gasteiger partial charge in [0.2, 0.25) is 6.79 Å². The third-order valence-corrected chi connectivity index (χ3v) is 3.21. The number of carbonyl (C=O) groups is 2. The van der Waals surface area contributed by atoms with Gasteiger partial charge in [-0.1, -0.05) is 12.1 Å². The van der Waals surface area contributed by atoms with Gasteiger partial charge in [0.25, 0.3) is 11.8 Å². The largest absolute Gasteiger partial charge is 0.454 e. The van der Waals surface area contributed by atoms with Gasteiger partial charge < -0.3 is 9.47 Å². The van der Waals surface area contributed by atoms with Gasteiger partial charge in [0.15, 0.2) is 11.5 Å². The molecule has 6 nitrogen and oxygen atoms in total. The SMILES string of the molecule is O=C(/C=C/c1cccc(F)c1)NNC(=O)c1ccc2c(c1)OCO2. The third kappa shape index (κ3) is 3.70. The number of benzene rings is 2. The highest BCUT2D eigenvalue weighted by molar-refractivity contribution is 5.98. The average Bonchev–Trinajstić information content (AvgIpc) is 3.05. The van der Waals surface area contributed by atoms with Crippen LogP contribution in [0, 0.1) is 5.82 Å². The number of hydrogen-bond acceptors (Lipinski definition) is 4. The Bertz CT molecular complexity index is 820. The van der Waals surface area contributed by atoms with Crippen LogP contribution in [-0.2, 0) is 4.79 Å². The van der Waals surface area contributed by atoms with Crippen molar-refractivity contribution in [2.45, 2.75) is 0 Å². The van der Waals surface area contributed by atoms with Crippen molar-refractivity contribution in [3.05, 3.63) is 65.5 Å². The van der Waals surface area contributed by atoms with Crippen LogP contribution in [0.2, 0.25) is 0 Å². The van der Waals surface area contributed by atoms with E-state index in [0.717, 1.165) is 0 Å². The normalized spacial score (nSPS) is 12.2. The monoisotopic (exact) mass is 328 g/mol.